The van der Waals surface area contributed by atoms with Gasteiger partial charge in [0.25, 0.3) is 0 Å². The molecule has 1 aromatic rings. The minimum atomic E-state index is -0.725. The summed E-state index contributed by atoms with van der Waals surface area (Å²) in [5, 5.41) is 9.34. The summed E-state index contributed by atoms with van der Waals surface area (Å²) in [4.78, 5) is 10.0. The van der Waals surface area contributed by atoms with Crippen LogP contribution in [0.1, 0.15) is 64.4 Å². The summed E-state index contributed by atoms with van der Waals surface area (Å²) in [6.07, 6.45) is 5.94. The van der Waals surface area contributed by atoms with E-state index in [0.717, 1.165) is 0 Å². The van der Waals surface area contributed by atoms with Crippen molar-refractivity contribution in [3.05, 3.63) is 29.8 Å². The lowest BCUT2D eigenvalue weighted by molar-refractivity contribution is 0.0600. The number of rotatable bonds is 1. The standard InChI is InChI=1S/C12H16O.C5H11NO2/c13-12-8-4-7-11(9-12)10-5-2-1-3-6-10;1-5(2,3)8-4(6)7/h4,7-10,13H,1-3,5-6H2;1-3H3,(H2,6,7). The summed E-state index contributed by atoms with van der Waals surface area (Å²) < 4.78 is 4.58. The highest BCUT2D eigenvalue weighted by atomic mass is 16.6. The van der Waals surface area contributed by atoms with E-state index in [2.05, 4.69) is 10.8 Å². The van der Waals surface area contributed by atoms with Crippen molar-refractivity contribution < 1.29 is 14.6 Å². The minimum Gasteiger partial charge on any atom is -0.508 e. The molecular formula is C17H27NO3. The molecule has 1 aromatic carbocycles. The number of nitrogens with two attached hydrogens (primary N) is 1. The molecular weight excluding hydrogens is 266 g/mol. The zero-order valence-corrected chi connectivity index (χ0v) is 13.3. The first kappa shape index (κ1) is 17.3. The van der Waals surface area contributed by atoms with Crippen LogP contribution < -0.4 is 5.73 Å². The summed E-state index contributed by atoms with van der Waals surface area (Å²) in [6, 6.07) is 7.73. The van der Waals surface area contributed by atoms with E-state index in [1.807, 2.05) is 12.1 Å². The molecule has 0 heterocycles. The third-order valence-corrected chi connectivity index (χ3v) is 3.35. The SMILES string of the molecule is CC(C)(C)OC(N)=O.Oc1cccc(C2CCCCC2)c1. The van der Waals surface area contributed by atoms with Gasteiger partial charge in [-0.15, -0.1) is 0 Å². The summed E-state index contributed by atoms with van der Waals surface area (Å²) in [5.41, 5.74) is 5.58. The van der Waals surface area contributed by atoms with Crippen molar-refractivity contribution >= 4 is 6.09 Å². The number of aromatic hydroxyl groups is 1. The fraction of sp³-hybridized carbons (Fsp3) is 0.588. The van der Waals surface area contributed by atoms with Crippen LogP contribution in [0.3, 0.4) is 0 Å². The number of carbonyl (C=O) groups excluding carboxylic acids is 1. The first-order chi connectivity index (χ1) is 9.78. The highest BCUT2D eigenvalue weighted by Gasteiger charge is 2.15. The molecule has 1 amide bonds. The fourth-order valence-electron chi connectivity index (χ4n) is 2.52. The van der Waals surface area contributed by atoms with Crippen molar-refractivity contribution in [1.82, 2.24) is 0 Å². The van der Waals surface area contributed by atoms with Crippen molar-refractivity contribution in [2.24, 2.45) is 5.73 Å². The van der Waals surface area contributed by atoms with Gasteiger partial charge < -0.3 is 15.6 Å². The van der Waals surface area contributed by atoms with Gasteiger partial charge in [0.1, 0.15) is 11.4 Å². The summed E-state index contributed by atoms with van der Waals surface area (Å²) in [5.74, 6) is 1.10. The van der Waals surface area contributed by atoms with Crippen molar-refractivity contribution in [1.29, 1.82) is 0 Å². The third-order valence-electron chi connectivity index (χ3n) is 3.35. The molecule has 1 fully saturated rings. The molecule has 0 aromatic heterocycles. The largest absolute Gasteiger partial charge is 0.508 e. The summed E-state index contributed by atoms with van der Waals surface area (Å²) in [6.45, 7) is 5.28. The van der Waals surface area contributed by atoms with Gasteiger partial charge in [0.05, 0.1) is 0 Å². The van der Waals surface area contributed by atoms with E-state index in [9.17, 15) is 9.90 Å². The molecule has 3 N–H and O–H groups in total. The molecule has 0 radical (unpaired) electrons. The maximum Gasteiger partial charge on any atom is 0.405 e. The molecule has 4 heteroatoms. The lowest BCUT2D eigenvalue weighted by Crippen LogP contribution is -2.27. The zero-order chi connectivity index (χ0) is 15.9. The maximum atomic E-state index is 10.0. The molecule has 2 rings (SSSR count). The number of carbonyl (C=O) groups is 1. The molecule has 0 saturated heterocycles. The number of hydrogen-bond donors (Lipinski definition) is 2. The summed E-state index contributed by atoms with van der Waals surface area (Å²) in [7, 11) is 0. The first-order valence-corrected chi connectivity index (χ1v) is 7.55. The topological polar surface area (TPSA) is 72.5 Å². The molecule has 4 nitrogen and oxygen atoms in total. The van der Waals surface area contributed by atoms with Crippen molar-refractivity contribution in [2.45, 2.75) is 64.4 Å². The number of phenolic OH excluding ortho intramolecular Hbond substituents is 1. The maximum absolute atomic E-state index is 10.0. The van der Waals surface area contributed by atoms with Gasteiger partial charge in [-0.05, 0) is 57.2 Å². The Morgan fingerprint density at radius 2 is 1.86 bits per heavy atom. The Labute approximate surface area is 127 Å². The van der Waals surface area contributed by atoms with Crippen LogP contribution in [0.4, 0.5) is 4.79 Å². The lowest BCUT2D eigenvalue weighted by Gasteiger charge is -2.21. The number of benzene rings is 1. The molecule has 0 aliphatic heterocycles. The Morgan fingerprint density at radius 1 is 1.24 bits per heavy atom. The number of hydrogen-bond acceptors (Lipinski definition) is 3. The average Bonchev–Trinajstić information content (AvgIpc) is 2.37. The minimum absolute atomic E-state index is 0.406. The van der Waals surface area contributed by atoms with Gasteiger partial charge >= 0.3 is 6.09 Å². The predicted molar refractivity (Wildman–Crippen MR) is 84.4 cm³/mol. The summed E-state index contributed by atoms with van der Waals surface area (Å²) >= 11 is 0. The molecule has 118 valence electrons. The Kier molecular flexibility index (Phi) is 6.53. The highest BCUT2D eigenvalue weighted by molar-refractivity contribution is 5.65. The van der Waals surface area contributed by atoms with Gasteiger partial charge in [0.15, 0.2) is 0 Å². The lowest BCUT2D eigenvalue weighted by atomic mass is 9.84. The van der Waals surface area contributed by atoms with Crippen LogP contribution in [0.5, 0.6) is 5.75 Å². The van der Waals surface area contributed by atoms with E-state index in [0.29, 0.717) is 11.7 Å². The average molecular weight is 293 g/mol. The van der Waals surface area contributed by atoms with E-state index in [1.54, 1.807) is 26.8 Å². The van der Waals surface area contributed by atoms with E-state index in [4.69, 9.17) is 5.73 Å². The van der Waals surface area contributed by atoms with E-state index < -0.39 is 11.7 Å². The van der Waals surface area contributed by atoms with Crippen molar-refractivity contribution in [2.75, 3.05) is 0 Å². The van der Waals surface area contributed by atoms with Gasteiger partial charge in [-0.1, -0.05) is 31.4 Å². The second kappa shape index (κ2) is 7.91. The Hall–Kier alpha value is -1.71. The normalized spacial score (nSPS) is 15.8. The second-order valence-corrected chi connectivity index (χ2v) is 6.46. The number of primary amides is 1. The number of ether oxygens (including phenoxy) is 1. The van der Waals surface area contributed by atoms with Crippen LogP contribution in [-0.2, 0) is 4.74 Å². The monoisotopic (exact) mass is 293 g/mol. The Balaban J connectivity index is 0.000000240. The fourth-order valence-corrected chi connectivity index (χ4v) is 2.52. The van der Waals surface area contributed by atoms with E-state index in [1.165, 1.54) is 37.7 Å². The van der Waals surface area contributed by atoms with Gasteiger partial charge in [0, 0.05) is 0 Å². The Morgan fingerprint density at radius 3 is 2.29 bits per heavy atom. The zero-order valence-electron chi connectivity index (χ0n) is 13.3. The third kappa shape index (κ3) is 7.59. The van der Waals surface area contributed by atoms with Crippen LogP contribution >= 0.6 is 0 Å². The number of amides is 1. The first-order valence-electron chi connectivity index (χ1n) is 7.55. The van der Waals surface area contributed by atoms with E-state index in [-0.39, 0.29) is 0 Å². The highest BCUT2D eigenvalue weighted by Crippen LogP contribution is 2.33. The van der Waals surface area contributed by atoms with Crippen molar-refractivity contribution in [3.63, 3.8) is 0 Å². The quantitative estimate of drug-likeness (QED) is 0.810. The predicted octanol–water partition coefficient (Wildman–Crippen LogP) is 4.32. The van der Waals surface area contributed by atoms with Gasteiger partial charge in [-0.2, -0.15) is 0 Å². The number of phenols is 1. The smallest absolute Gasteiger partial charge is 0.405 e. The van der Waals surface area contributed by atoms with Crippen LogP contribution in [0.2, 0.25) is 0 Å². The molecule has 0 atom stereocenters. The van der Waals surface area contributed by atoms with Crippen LogP contribution in [-0.4, -0.2) is 16.8 Å². The van der Waals surface area contributed by atoms with Crippen LogP contribution in [0.25, 0.3) is 0 Å². The van der Waals surface area contributed by atoms with Gasteiger partial charge in [0.2, 0.25) is 0 Å². The second-order valence-electron chi connectivity index (χ2n) is 6.46. The molecule has 1 saturated carbocycles. The molecule has 0 unspecified atom stereocenters. The molecule has 1 aliphatic carbocycles. The van der Waals surface area contributed by atoms with Gasteiger partial charge in [-0.25, -0.2) is 4.79 Å². The molecule has 0 spiro atoms. The molecule has 1 aliphatic rings. The van der Waals surface area contributed by atoms with Crippen molar-refractivity contribution in [3.8, 4) is 5.75 Å². The van der Waals surface area contributed by atoms with Crippen LogP contribution in [0.15, 0.2) is 24.3 Å². The molecule has 0 bridgehead atoms. The van der Waals surface area contributed by atoms with Gasteiger partial charge in [-0.3, -0.25) is 0 Å². The Bertz CT molecular complexity index is 446. The molecule has 21 heavy (non-hydrogen) atoms. The van der Waals surface area contributed by atoms with E-state index >= 15 is 0 Å². The van der Waals surface area contributed by atoms with Crippen LogP contribution in [0, 0.1) is 0 Å².